The molecule has 29 heavy (non-hydrogen) atoms. The molecule has 2 aliphatic carbocycles. The lowest BCUT2D eigenvalue weighted by Gasteiger charge is -2.39. The van der Waals surface area contributed by atoms with E-state index < -0.39 is 0 Å². The van der Waals surface area contributed by atoms with E-state index in [1.807, 2.05) is 0 Å². The molecular weight excluding hydrogens is 356 g/mol. The molecular formula is C26H36N2O. The number of nitrogens with zero attached hydrogens (tertiary/aromatic N) is 2. The monoisotopic (exact) mass is 392 g/mol. The highest BCUT2D eigenvalue weighted by Crippen LogP contribution is 2.44. The van der Waals surface area contributed by atoms with Crippen molar-refractivity contribution in [2.75, 3.05) is 32.7 Å². The summed E-state index contributed by atoms with van der Waals surface area (Å²) in [6, 6.07) is 10.8. The summed E-state index contributed by atoms with van der Waals surface area (Å²) in [5, 5.41) is 0. The first-order valence-corrected chi connectivity index (χ1v) is 12.0. The maximum Gasteiger partial charge on any atom is 0.226 e. The summed E-state index contributed by atoms with van der Waals surface area (Å²) in [5.41, 5.74) is 1.44. The van der Waals surface area contributed by atoms with E-state index in [2.05, 4.69) is 52.3 Å². The van der Waals surface area contributed by atoms with Crippen molar-refractivity contribution in [2.24, 2.45) is 29.6 Å². The van der Waals surface area contributed by atoms with E-state index in [1.54, 1.807) is 0 Å². The maximum atomic E-state index is 13.2. The van der Waals surface area contributed by atoms with Crippen molar-refractivity contribution in [1.29, 1.82) is 0 Å². The Morgan fingerprint density at radius 2 is 1.79 bits per heavy atom. The van der Waals surface area contributed by atoms with Gasteiger partial charge in [0.05, 0.1) is 5.92 Å². The third-order valence-electron chi connectivity index (χ3n) is 8.06. The quantitative estimate of drug-likeness (QED) is 0.694. The maximum absolute atomic E-state index is 13.2. The van der Waals surface area contributed by atoms with Crippen LogP contribution in [-0.2, 0) is 11.2 Å². The van der Waals surface area contributed by atoms with Crippen molar-refractivity contribution < 1.29 is 4.79 Å². The van der Waals surface area contributed by atoms with Crippen LogP contribution in [-0.4, -0.2) is 48.4 Å². The van der Waals surface area contributed by atoms with E-state index in [9.17, 15) is 4.79 Å². The van der Waals surface area contributed by atoms with E-state index in [-0.39, 0.29) is 5.92 Å². The van der Waals surface area contributed by atoms with Gasteiger partial charge in [0.25, 0.3) is 0 Å². The Morgan fingerprint density at radius 3 is 2.52 bits per heavy atom. The molecule has 2 saturated heterocycles. The minimum atomic E-state index is 0.239. The topological polar surface area (TPSA) is 23.6 Å². The SMILES string of the molecule is O=C([C@@H]1CCCN(C[C@H]2C[C@H]3C=C[C@H]2C3)C1)N1CCC(Cc2ccccc2)CC1. The van der Waals surface area contributed by atoms with Gasteiger partial charge in [-0.3, -0.25) is 4.79 Å². The molecule has 4 atom stereocenters. The summed E-state index contributed by atoms with van der Waals surface area (Å²) in [7, 11) is 0. The van der Waals surface area contributed by atoms with Crippen molar-refractivity contribution in [3.8, 4) is 0 Å². The largest absolute Gasteiger partial charge is 0.342 e. The van der Waals surface area contributed by atoms with Gasteiger partial charge in [-0.25, -0.2) is 0 Å². The Kier molecular flexibility index (Phi) is 5.76. The Bertz CT molecular complexity index is 721. The average Bonchev–Trinajstić information content (AvgIpc) is 3.38. The third-order valence-corrected chi connectivity index (χ3v) is 8.06. The summed E-state index contributed by atoms with van der Waals surface area (Å²) >= 11 is 0. The second-order valence-corrected chi connectivity index (χ2v) is 10.1. The van der Waals surface area contributed by atoms with Gasteiger partial charge in [0.2, 0.25) is 5.91 Å². The minimum Gasteiger partial charge on any atom is -0.342 e. The van der Waals surface area contributed by atoms with Crippen molar-refractivity contribution in [3.63, 3.8) is 0 Å². The van der Waals surface area contributed by atoms with Crippen LogP contribution in [0.15, 0.2) is 42.5 Å². The molecule has 5 rings (SSSR count). The fourth-order valence-corrected chi connectivity index (χ4v) is 6.42. The van der Waals surface area contributed by atoms with E-state index >= 15 is 0 Å². The van der Waals surface area contributed by atoms with Crippen LogP contribution in [0.3, 0.4) is 0 Å². The molecule has 2 bridgehead atoms. The first-order valence-electron chi connectivity index (χ1n) is 12.0. The highest BCUT2D eigenvalue weighted by Gasteiger charge is 2.38. The molecule has 3 fully saturated rings. The normalized spacial score (nSPS) is 32.8. The number of likely N-dealkylation sites (tertiary alicyclic amines) is 2. The van der Waals surface area contributed by atoms with Crippen molar-refractivity contribution in [3.05, 3.63) is 48.0 Å². The fourth-order valence-electron chi connectivity index (χ4n) is 6.42. The first kappa shape index (κ1) is 19.4. The van der Waals surface area contributed by atoms with Gasteiger partial charge in [-0.1, -0.05) is 42.5 Å². The van der Waals surface area contributed by atoms with Crippen LogP contribution in [0.25, 0.3) is 0 Å². The lowest BCUT2D eigenvalue weighted by Crippen LogP contribution is -2.48. The van der Waals surface area contributed by atoms with Crippen LogP contribution in [0.5, 0.6) is 0 Å². The Hall–Kier alpha value is -1.61. The summed E-state index contributed by atoms with van der Waals surface area (Å²) in [4.78, 5) is 18.0. The van der Waals surface area contributed by atoms with Gasteiger partial charge in [-0.15, -0.1) is 0 Å². The molecule has 0 N–H and O–H groups in total. The molecule has 3 heteroatoms. The molecule has 2 aliphatic heterocycles. The zero-order valence-electron chi connectivity index (χ0n) is 17.7. The second kappa shape index (κ2) is 8.63. The fraction of sp³-hybridized carbons (Fsp3) is 0.654. The lowest BCUT2D eigenvalue weighted by atomic mass is 9.88. The number of piperidine rings is 2. The van der Waals surface area contributed by atoms with Crippen molar-refractivity contribution in [1.82, 2.24) is 9.80 Å². The summed E-state index contributed by atoms with van der Waals surface area (Å²) in [6.07, 6.45) is 13.4. The number of amides is 1. The molecule has 1 amide bonds. The molecule has 0 radical (unpaired) electrons. The molecule has 0 unspecified atom stereocenters. The predicted octanol–water partition coefficient (Wildman–Crippen LogP) is 4.39. The number of carbonyl (C=O) groups is 1. The van der Waals surface area contributed by atoms with Gasteiger partial charge < -0.3 is 9.80 Å². The van der Waals surface area contributed by atoms with E-state index in [0.717, 1.165) is 69.0 Å². The zero-order chi connectivity index (χ0) is 19.6. The Morgan fingerprint density at radius 1 is 0.966 bits per heavy atom. The number of rotatable bonds is 5. The number of allylic oxidation sites excluding steroid dienone is 2. The lowest BCUT2D eigenvalue weighted by molar-refractivity contribution is -0.138. The number of hydrogen-bond acceptors (Lipinski definition) is 2. The predicted molar refractivity (Wildman–Crippen MR) is 117 cm³/mol. The molecule has 156 valence electrons. The molecule has 1 aromatic rings. The van der Waals surface area contributed by atoms with Gasteiger partial charge in [0.1, 0.15) is 0 Å². The molecule has 0 spiro atoms. The molecule has 0 aromatic heterocycles. The van der Waals surface area contributed by atoms with Crippen LogP contribution in [0.2, 0.25) is 0 Å². The Labute approximate surface area is 176 Å². The van der Waals surface area contributed by atoms with E-state index in [0.29, 0.717) is 5.91 Å². The van der Waals surface area contributed by atoms with Gasteiger partial charge in [0.15, 0.2) is 0 Å². The van der Waals surface area contributed by atoms with Crippen LogP contribution in [0.4, 0.5) is 0 Å². The van der Waals surface area contributed by atoms with E-state index in [1.165, 1.54) is 37.9 Å². The minimum absolute atomic E-state index is 0.239. The smallest absolute Gasteiger partial charge is 0.226 e. The number of fused-ring (bicyclic) bond motifs is 2. The van der Waals surface area contributed by atoms with Gasteiger partial charge >= 0.3 is 0 Å². The standard InChI is InChI=1S/C26H36N2O/c29-26(28-13-10-21(11-14-28)15-20-5-2-1-3-6-20)24-7-4-12-27(18-24)19-25-17-22-8-9-23(25)16-22/h1-3,5-6,8-9,21-25H,4,7,10-19H2/t22-,23-,24+,25+/m0/s1. The molecule has 2 heterocycles. The summed E-state index contributed by atoms with van der Waals surface area (Å²) < 4.78 is 0. The number of benzene rings is 1. The highest BCUT2D eigenvalue weighted by atomic mass is 16.2. The van der Waals surface area contributed by atoms with Gasteiger partial charge in [-0.05, 0) is 80.7 Å². The second-order valence-electron chi connectivity index (χ2n) is 10.1. The number of hydrogen-bond donors (Lipinski definition) is 0. The molecule has 1 saturated carbocycles. The average molecular weight is 393 g/mol. The highest BCUT2D eigenvalue weighted by molar-refractivity contribution is 5.79. The molecule has 3 nitrogen and oxygen atoms in total. The molecule has 4 aliphatic rings. The summed E-state index contributed by atoms with van der Waals surface area (Å²) in [5.74, 6) is 3.93. The number of carbonyl (C=O) groups excluding carboxylic acids is 1. The van der Waals surface area contributed by atoms with Crippen molar-refractivity contribution in [2.45, 2.75) is 44.9 Å². The molecule has 1 aromatic carbocycles. The van der Waals surface area contributed by atoms with Crippen LogP contribution in [0, 0.1) is 29.6 Å². The Balaban J connectivity index is 1.09. The van der Waals surface area contributed by atoms with Gasteiger partial charge in [0, 0.05) is 26.2 Å². The summed E-state index contributed by atoms with van der Waals surface area (Å²) in [6.45, 7) is 5.34. The third kappa shape index (κ3) is 4.45. The zero-order valence-corrected chi connectivity index (χ0v) is 17.7. The first-order chi connectivity index (χ1) is 14.2. The van der Waals surface area contributed by atoms with Crippen LogP contribution < -0.4 is 0 Å². The van der Waals surface area contributed by atoms with Crippen molar-refractivity contribution >= 4 is 5.91 Å². The van der Waals surface area contributed by atoms with Gasteiger partial charge in [-0.2, -0.15) is 0 Å². The van der Waals surface area contributed by atoms with E-state index in [4.69, 9.17) is 0 Å². The van der Waals surface area contributed by atoms with Crippen LogP contribution in [0.1, 0.15) is 44.1 Å². The van der Waals surface area contributed by atoms with Crippen LogP contribution >= 0.6 is 0 Å².